The number of carbonyl (C=O) groups excluding carboxylic acids is 2. The number of amides is 3. The average Bonchev–Trinajstić information content (AvgIpc) is 3.02. The molecule has 1 aromatic rings. The van der Waals surface area contributed by atoms with Crippen LogP contribution in [0.4, 0.5) is 10.5 Å². The number of hydrogen-bond donors (Lipinski definition) is 1. The fourth-order valence-electron chi connectivity index (χ4n) is 2.80. The predicted molar refractivity (Wildman–Crippen MR) is 97.6 cm³/mol. The van der Waals surface area contributed by atoms with Gasteiger partial charge in [-0.05, 0) is 24.3 Å². The van der Waals surface area contributed by atoms with Crippen LogP contribution in [0.25, 0.3) is 0 Å². The molecule has 0 aromatic heterocycles. The van der Waals surface area contributed by atoms with Gasteiger partial charge in [0, 0.05) is 46.0 Å². The van der Waals surface area contributed by atoms with E-state index in [0.29, 0.717) is 32.8 Å². The van der Waals surface area contributed by atoms with Crippen molar-refractivity contribution in [1.82, 2.24) is 10.2 Å². The van der Waals surface area contributed by atoms with E-state index in [9.17, 15) is 9.59 Å². The lowest BCUT2D eigenvalue weighted by atomic mass is 10.2. The van der Waals surface area contributed by atoms with Crippen molar-refractivity contribution >= 4 is 17.6 Å². The molecule has 0 radical (unpaired) electrons. The van der Waals surface area contributed by atoms with Crippen molar-refractivity contribution in [1.29, 1.82) is 0 Å². The van der Waals surface area contributed by atoms with Gasteiger partial charge in [0.15, 0.2) is 0 Å². The van der Waals surface area contributed by atoms with Crippen LogP contribution in [0.2, 0.25) is 0 Å². The molecular weight excluding hydrogens is 338 g/mol. The molecule has 1 aromatic carbocycles. The van der Waals surface area contributed by atoms with E-state index in [1.54, 1.807) is 31.1 Å². The Morgan fingerprint density at radius 2 is 1.77 bits per heavy atom. The highest BCUT2D eigenvalue weighted by Gasteiger charge is 2.32. The van der Waals surface area contributed by atoms with Gasteiger partial charge in [-0.15, -0.1) is 0 Å². The van der Waals surface area contributed by atoms with E-state index in [1.165, 1.54) is 0 Å². The Morgan fingerprint density at radius 1 is 1.15 bits per heavy atom. The van der Waals surface area contributed by atoms with Crippen LogP contribution in [0, 0.1) is 0 Å². The molecule has 3 amide bonds. The lowest BCUT2D eigenvalue weighted by Gasteiger charge is -2.24. The fourth-order valence-corrected chi connectivity index (χ4v) is 2.80. The number of ether oxygens (including phenoxy) is 3. The zero-order valence-corrected chi connectivity index (χ0v) is 15.6. The van der Waals surface area contributed by atoms with Crippen LogP contribution in [0.1, 0.15) is 6.42 Å². The Labute approximate surface area is 154 Å². The van der Waals surface area contributed by atoms with Gasteiger partial charge in [0.2, 0.25) is 5.91 Å². The van der Waals surface area contributed by atoms with E-state index >= 15 is 0 Å². The minimum absolute atomic E-state index is 0.0131. The van der Waals surface area contributed by atoms with E-state index in [2.05, 4.69) is 5.32 Å². The van der Waals surface area contributed by atoms with Crippen molar-refractivity contribution in [3.05, 3.63) is 24.3 Å². The monoisotopic (exact) mass is 365 g/mol. The second-order valence-electron chi connectivity index (χ2n) is 6.03. The van der Waals surface area contributed by atoms with Gasteiger partial charge in [-0.25, -0.2) is 4.79 Å². The summed E-state index contributed by atoms with van der Waals surface area (Å²) in [5.74, 6) is 0.720. The number of nitrogens with one attached hydrogen (secondary N) is 1. The van der Waals surface area contributed by atoms with Crippen molar-refractivity contribution in [2.45, 2.75) is 12.5 Å². The Morgan fingerprint density at radius 3 is 2.31 bits per heavy atom. The highest BCUT2D eigenvalue weighted by molar-refractivity contribution is 5.96. The number of benzene rings is 1. The van der Waals surface area contributed by atoms with Crippen molar-refractivity contribution in [3.8, 4) is 5.75 Å². The van der Waals surface area contributed by atoms with E-state index in [-0.39, 0.29) is 24.4 Å². The quantitative estimate of drug-likeness (QED) is 0.709. The molecule has 0 saturated carbocycles. The molecule has 1 saturated heterocycles. The third-order valence-corrected chi connectivity index (χ3v) is 4.25. The summed E-state index contributed by atoms with van der Waals surface area (Å²) in [4.78, 5) is 28.1. The Bertz CT molecular complexity index is 585. The third-order valence-electron chi connectivity index (χ3n) is 4.25. The van der Waals surface area contributed by atoms with Gasteiger partial charge in [0.1, 0.15) is 5.75 Å². The number of anilines is 1. The molecule has 8 nitrogen and oxygen atoms in total. The summed E-state index contributed by atoms with van der Waals surface area (Å²) in [5, 5.41) is 2.94. The smallest absolute Gasteiger partial charge is 0.317 e. The molecule has 1 aliphatic rings. The van der Waals surface area contributed by atoms with Crippen LogP contribution in [0.15, 0.2) is 24.3 Å². The van der Waals surface area contributed by atoms with Crippen LogP contribution in [-0.2, 0) is 14.3 Å². The molecule has 2 rings (SSSR count). The number of hydrogen-bond acceptors (Lipinski definition) is 5. The third kappa shape index (κ3) is 5.34. The van der Waals surface area contributed by atoms with Gasteiger partial charge < -0.3 is 29.3 Å². The first kappa shape index (κ1) is 20.0. The van der Waals surface area contributed by atoms with Crippen molar-refractivity contribution in [2.24, 2.45) is 0 Å². The molecule has 0 bridgehead atoms. The number of nitrogens with zero attached hydrogens (tertiary/aromatic N) is 2. The number of urea groups is 1. The summed E-state index contributed by atoms with van der Waals surface area (Å²) < 4.78 is 15.2. The van der Waals surface area contributed by atoms with Crippen molar-refractivity contribution in [2.75, 3.05) is 59.1 Å². The van der Waals surface area contributed by atoms with Gasteiger partial charge in [0.25, 0.3) is 0 Å². The minimum Gasteiger partial charge on any atom is -0.497 e. The fraction of sp³-hybridized carbons (Fsp3) is 0.556. The normalized spacial score (nSPS) is 16.7. The van der Waals surface area contributed by atoms with Crippen LogP contribution >= 0.6 is 0 Å². The molecule has 0 aliphatic carbocycles. The number of carbonyl (C=O) groups is 2. The van der Waals surface area contributed by atoms with E-state index < -0.39 is 0 Å². The van der Waals surface area contributed by atoms with E-state index in [1.807, 2.05) is 24.3 Å². The Kier molecular flexibility index (Phi) is 7.68. The maximum absolute atomic E-state index is 12.5. The molecule has 144 valence electrons. The summed E-state index contributed by atoms with van der Waals surface area (Å²) >= 11 is 0. The van der Waals surface area contributed by atoms with Gasteiger partial charge in [-0.3, -0.25) is 4.79 Å². The van der Waals surface area contributed by atoms with Gasteiger partial charge in [0.05, 0.1) is 26.4 Å². The molecule has 1 fully saturated rings. The summed E-state index contributed by atoms with van der Waals surface area (Å²) in [6, 6.07) is 6.85. The highest BCUT2D eigenvalue weighted by atomic mass is 16.5. The standard InChI is InChI=1S/C18H27N3O5/c1-24-10-8-20(9-11-25-2)18(23)19-14-12-17(22)21(13-14)15-4-6-16(26-3)7-5-15/h4-7,14H,8-13H2,1-3H3,(H,19,23)/t14-/m0/s1. The lowest BCUT2D eigenvalue weighted by Crippen LogP contribution is -2.47. The molecule has 0 unspecified atom stereocenters. The molecule has 26 heavy (non-hydrogen) atoms. The molecular formula is C18H27N3O5. The van der Waals surface area contributed by atoms with Gasteiger partial charge >= 0.3 is 6.03 Å². The largest absolute Gasteiger partial charge is 0.497 e. The highest BCUT2D eigenvalue weighted by Crippen LogP contribution is 2.24. The molecule has 1 heterocycles. The second kappa shape index (κ2) is 9.98. The first-order chi connectivity index (χ1) is 12.6. The SMILES string of the molecule is COCCN(CCOC)C(=O)N[C@H]1CC(=O)N(c2ccc(OC)cc2)C1. The summed E-state index contributed by atoms with van der Waals surface area (Å²) in [7, 11) is 4.78. The zero-order chi connectivity index (χ0) is 18.9. The molecule has 8 heteroatoms. The van der Waals surface area contributed by atoms with Gasteiger partial charge in [-0.2, -0.15) is 0 Å². The summed E-state index contributed by atoms with van der Waals surface area (Å²) in [5.41, 5.74) is 0.795. The first-order valence-corrected chi connectivity index (χ1v) is 8.56. The van der Waals surface area contributed by atoms with E-state index in [0.717, 1.165) is 11.4 Å². The van der Waals surface area contributed by atoms with Crippen LogP contribution in [-0.4, -0.2) is 77.1 Å². The maximum Gasteiger partial charge on any atom is 0.317 e. The van der Waals surface area contributed by atoms with Gasteiger partial charge in [-0.1, -0.05) is 0 Å². The first-order valence-electron chi connectivity index (χ1n) is 8.56. The minimum atomic E-state index is -0.232. The summed E-state index contributed by atoms with van der Waals surface area (Å²) in [6.07, 6.45) is 0.278. The van der Waals surface area contributed by atoms with Crippen LogP contribution in [0.3, 0.4) is 0 Å². The molecule has 1 atom stereocenters. The van der Waals surface area contributed by atoms with E-state index in [4.69, 9.17) is 14.2 Å². The second-order valence-corrected chi connectivity index (χ2v) is 6.03. The molecule has 0 spiro atoms. The molecule has 1 aliphatic heterocycles. The topological polar surface area (TPSA) is 80.3 Å². The summed E-state index contributed by atoms with van der Waals surface area (Å²) in [6.45, 7) is 2.26. The molecule has 1 N–H and O–H groups in total. The van der Waals surface area contributed by atoms with Crippen molar-refractivity contribution < 1.29 is 23.8 Å². The predicted octanol–water partition coefficient (Wildman–Crippen LogP) is 1.10. The van der Waals surface area contributed by atoms with Crippen LogP contribution < -0.4 is 15.0 Å². The maximum atomic E-state index is 12.5. The van der Waals surface area contributed by atoms with Crippen LogP contribution in [0.5, 0.6) is 5.75 Å². The van der Waals surface area contributed by atoms with Crippen molar-refractivity contribution in [3.63, 3.8) is 0 Å². The zero-order valence-electron chi connectivity index (χ0n) is 15.6. The lowest BCUT2D eigenvalue weighted by molar-refractivity contribution is -0.117. The average molecular weight is 365 g/mol. The Hall–Kier alpha value is -2.32. The number of methoxy groups -OCH3 is 3. The number of rotatable bonds is 9. The Balaban J connectivity index is 1.94.